The summed E-state index contributed by atoms with van der Waals surface area (Å²) in [7, 11) is 1.77. The van der Waals surface area contributed by atoms with E-state index in [0.29, 0.717) is 36.5 Å². The van der Waals surface area contributed by atoms with Gasteiger partial charge in [0.15, 0.2) is 0 Å². The van der Waals surface area contributed by atoms with Crippen LogP contribution in [0.25, 0.3) is 0 Å². The van der Waals surface area contributed by atoms with Gasteiger partial charge in [-0.2, -0.15) is 0 Å². The maximum Gasteiger partial charge on any atom is 0.230 e. The molecule has 0 bridgehead atoms. The van der Waals surface area contributed by atoms with Gasteiger partial charge in [0.05, 0.1) is 26.2 Å². The number of likely N-dealkylation sites (tertiary alicyclic amines) is 2. The smallest absolute Gasteiger partial charge is 0.230 e. The van der Waals surface area contributed by atoms with Crippen LogP contribution in [0.2, 0.25) is 0 Å². The molecule has 4 fully saturated rings. The highest BCUT2D eigenvalue weighted by Crippen LogP contribution is 2.48. The lowest BCUT2D eigenvalue weighted by Gasteiger charge is -2.50. The van der Waals surface area contributed by atoms with E-state index in [9.17, 15) is 4.79 Å². The van der Waals surface area contributed by atoms with E-state index in [1.807, 2.05) is 0 Å². The fourth-order valence-electron chi connectivity index (χ4n) is 5.91. The van der Waals surface area contributed by atoms with Gasteiger partial charge in [0.2, 0.25) is 5.91 Å². The molecule has 1 aliphatic carbocycles. The van der Waals surface area contributed by atoms with Crippen molar-refractivity contribution >= 4 is 5.91 Å². The van der Waals surface area contributed by atoms with Crippen LogP contribution in [-0.4, -0.2) is 68.3 Å². The molecule has 3 saturated heterocycles. The number of hydrogen-bond donors (Lipinski definition) is 0. The molecule has 3 heterocycles. The quantitative estimate of drug-likeness (QED) is 0.801. The Morgan fingerprint density at radius 1 is 1.14 bits per heavy atom. The van der Waals surface area contributed by atoms with Gasteiger partial charge in [-0.05, 0) is 62.7 Å². The highest BCUT2D eigenvalue weighted by atomic mass is 16.5. The van der Waals surface area contributed by atoms with Crippen molar-refractivity contribution in [1.29, 1.82) is 0 Å². The van der Waals surface area contributed by atoms with E-state index in [0.717, 1.165) is 18.8 Å². The Morgan fingerprint density at radius 3 is 2.57 bits per heavy atom. The molecule has 3 aliphatic heterocycles. The number of piperidine rings is 1. The Balaban J connectivity index is 1.13. The number of methoxy groups -OCH3 is 1. The zero-order chi connectivity index (χ0) is 19.1. The Bertz CT molecular complexity index is 718. The number of para-hydroxylation sites is 1. The number of rotatable bonds is 4. The molecule has 5 rings (SSSR count). The summed E-state index contributed by atoms with van der Waals surface area (Å²) in [5.74, 6) is 2.13. The minimum Gasteiger partial charge on any atom is -0.496 e. The summed E-state index contributed by atoms with van der Waals surface area (Å²) in [5, 5.41) is 0. The Hall–Kier alpha value is -1.59. The summed E-state index contributed by atoms with van der Waals surface area (Å²) >= 11 is 0. The van der Waals surface area contributed by atoms with Gasteiger partial charge in [-0.25, -0.2) is 0 Å². The number of ether oxygens (including phenoxy) is 2. The molecule has 0 radical (unpaired) electrons. The van der Waals surface area contributed by atoms with Crippen LogP contribution in [-0.2, 0) is 9.53 Å². The highest BCUT2D eigenvalue weighted by molar-refractivity contribution is 5.80. The second-order valence-electron chi connectivity index (χ2n) is 9.38. The van der Waals surface area contributed by atoms with Gasteiger partial charge in [0, 0.05) is 24.5 Å². The van der Waals surface area contributed by atoms with Gasteiger partial charge < -0.3 is 19.3 Å². The summed E-state index contributed by atoms with van der Waals surface area (Å²) in [6, 6.07) is 9.21. The fraction of sp³-hybridized carbons (Fsp3) is 0.696. The molecular formula is C23H32N2O3. The first-order valence-electron chi connectivity index (χ1n) is 10.9. The molecule has 1 saturated carbocycles. The van der Waals surface area contributed by atoms with Crippen LogP contribution < -0.4 is 4.74 Å². The predicted octanol–water partition coefficient (Wildman–Crippen LogP) is 2.90. The van der Waals surface area contributed by atoms with Crippen molar-refractivity contribution in [2.24, 2.45) is 11.3 Å². The minimum atomic E-state index is 0.142. The minimum absolute atomic E-state index is 0.142. The van der Waals surface area contributed by atoms with E-state index in [-0.39, 0.29) is 5.92 Å². The maximum atomic E-state index is 12.4. The van der Waals surface area contributed by atoms with Crippen molar-refractivity contribution in [3.8, 4) is 5.75 Å². The average Bonchev–Trinajstić information content (AvgIpc) is 3.11. The van der Waals surface area contributed by atoms with Gasteiger partial charge in [0.25, 0.3) is 0 Å². The lowest BCUT2D eigenvalue weighted by atomic mass is 9.77. The zero-order valence-corrected chi connectivity index (χ0v) is 16.9. The van der Waals surface area contributed by atoms with E-state index in [1.165, 1.54) is 50.8 Å². The first kappa shape index (κ1) is 18.4. The molecule has 1 amide bonds. The van der Waals surface area contributed by atoms with Crippen molar-refractivity contribution in [3.63, 3.8) is 0 Å². The number of carbonyl (C=O) groups is 1. The third kappa shape index (κ3) is 3.22. The van der Waals surface area contributed by atoms with Crippen LogP contribution in [0.3, 0.4) is 0 Å². The normalized spacial score (nSPS) is 28.2. The number of hydrogen-bond acceptors (Lipinski definition) is 4. The maximum absolute atomic E-state index is 12.4. The molecule has 5 heteroatoms. The van der Waals surface area contributed by atoms with E-state index in [1.54, 1.807) is 7.11 Å². The molecule has 1 spiro atoms. The number of benzene rings is 1. The van der Waals surface area contributed by atoms with E-state index >= 15 is 0 Å². The van der Waals surface area contributed by atoms with Crippen molar-refractivity contribution in [1.82, 2.24) is 9.80 Å². The van der Waals surface area contributed by atoms with Gasteiger partial charge >= 0.3 is 0 Å². The zero-order valence-electron chi connectivity index (χ0n) is 16.9. The van der Waals surface area contributed by atoms with Crippen LogP contribution in [0.4, 0.5) is 0 Å². The SMILES string of the molecule is COc1ccccc1C1CCN([C@@H]2CCC3(C2)CN(C(=O)C2COC2)C3)CC1. The van der Waals surface area contributed by atoms with E-state index < -0.39 is 0 Å². The fourth-order valence-corrected chi connectivity index (χ4v) is 5.91. The number of nitrogens with zero attached hydrogens (tertiary/aromatic N) is 2. The van der Waals surface area contributed by atoms with Gasteiger partial charge in [-0.15, -0.1) is 0 Å². The van der Waals surface area contributed by atoms with Crippen LogP contribution in [0.15, 0.2) is 24.3 Å². The molecule has 1 aromatic carbocycles. The monoisotopic (exact) mass is 384 g/mol. The molecule has 0 aromatic heterocycles. The van der Waals surface area contributed by atoms with Crippen molar-refractivity contribution in [2.75, 3.05) is 46.5 Å². The topological polar surface area (TPSA) is 42.0 Å². The standard InChI is InChI=1S/C23H32N2O3/c1-27-21-5-3-2-4-20(21)17-7-10-24(11-8-17)19-6-9-23(12-19)15-25(16-23)22(26)18-13-28-14-18/h2-5,17-19H,6-16H2,1H3/t19-/m1/s1. The average molecular weight is 385 g/mol. The van der Waals surface area contributed by atoms with E-state index in [2.05, 4.69) is 34.1 Å². The molecule has 1 atom stereocenters. The first-order chi connectivity index (χ1) is 13.7. The van der Waals surface area contributed by atoms with Crippen molar-refractivity contribution in [3.05, 3.63) is 29.8 Å². The molecule has 28 heavy (non-hydrogen) atoms. The summed E-state index contributed by atoms with van der Waals surface area (Å²) in [6.07, 6.45) is 6.30. The van der Waals surface area contributed by atoms with Crippen molar-refractivity contribution in [2.45, 2.75) is 44.1 Å². The lowest BCUT2D eigenvalue weighted by molar-refractivity contribution is -0.161. The molecule has 1 aromatic rings. The highest BCUT2D eigenvalue weighted by Gasteiger charge is 2.52. The van der Waals surface area contributed by atoms with Crippen LogP contribution >= 0.6 is 0 Å². The predicted molar refractivity (Wildman–Crippen MR) is 108 cm³/mol. The second-order valence-corrected chi connectivity index (χ2v) is 9.38. The Labute approximate surface area is 168 Å². The summed E-state index contributed by atoms with van der Waals surface area (Å²) in [5.41, 5.74) is 1.78. The van der Waals surface area contributed by atoms with Crippen LogP contribution in [0, 0.1) is 11.3 Å². The second kappa shape index (κ2) is 7.34. The van der Waals surface area contributed by atoms with Gasteiger partial charge in [-0.3, -0.25) is 4.79 Å². The molecule has 5 nitrogen and oxygen atoms in total. The van der Waals surface area contributed by atoms with Crippen LogP contribution in [0.1, 0.15) is 43.6 Å². The first-order valence-corrected chi connectivity index (χ1v) is 10.9. The molecule has 4 aliphatic rings. The number of carbonyl (C=O) groups excluding carboxylic acids is 1. The van der Waals surface area contributed by atoms with Gasteiger partial charge in [0.1, 0.15) is 5.75 Å². The van der Waals surface area contributed by atoms with Crippen molar-refractivity contribution < 1.29 is 14.3 Å². The third-order valence-corrected chi connectivity index (χ3v) is 7.65. The summed E-state index contributed by atoms with van der Waals surface area (Å²) in [4.78, 5) is 17.2. The summed E-state index contributed by atoms with van der Waals surface area (Å²) < 4.78 is 10.8. The molecule has 0 N–H and O–H groups in total. The van der Waals surface area contributed by atoms with Crippen LogP contribution in [0.5, 0.6) is 5.75 Å². The Morgan fingerprint density at radius 2 is 1.89 bits per heavy atom. The number of amides is 1. The summed E-state index contributed by atoms with van der Waals surface area (Å²) in [6.45, 7) is 5.60. The molecule has 0 unspecified atom stereocenters. The third-order valence-electron chi connectivity index (χ3n) is 7.65. The van der Waals surface area contributed by atoms with Gasteiger partial charge in [-0.1, -0.05) is 18.2 Å². The van der Waals surface area contributed by atoms with E-state index in [4.69, 9.17) is 9.47 Å². The lowest BCUT2D eigenvalue weighted by Crippen LogP contribution is -2.61. The molecule has 152 valence electrons. The largest absolute Gasteiger partial charge is 0.496 e. The molecular weight excluding hydrogens is 352 g/mol. The Kier molecular flexibility index (Phi) is 4.84.